The van der Waals surface area contributed by atoms with Crippen molar-refractivity contribution in [3.8, 4) is 0 Å². The van der Waals surface area contributed by atoms with E-state index in [-0.39, 0.29) is 18.4 Å². The standard InChI is InChI=1S/C13H11ClN2O3/c14-9-3-1-8(2-4-9)11-5-16-7-15-12(13(17)18)10(16)6-19-11/h1-4,7,11H,5-6H2,(H,17,18)/t11-/m0/s1. The fraction of sp³-hybridized carbons (Fsp3) is 0.231. The monoisotopic (exact) mass is 278 g/mol. The number of hydrogen-bond acceptors (Lipinski definition) is 3. The van der Waals surface area contributed by atoms with E-state index < -0.39 is 5.97 Å². The summed E-state index contributed by atoms with van der Waals surface area (Å²) in [6, 6.07) is 7.44. The summed E-state index contributed by atoms with van der Waals surface area (Å²) in [7, 11) is 0. The minimum absolute atomic E-state index is 0.0644. The predicted molar refractivity (Wildman–Crippen MR) is 68.2 cm³/mol. The van der Waals surface area contributed by atoms with E-state index in [9.17, 15) is 4.79 Å². The number of halogens is 1. The van der Waals surface area contributed by atoms with Gasteiger partial charge < -0.3 is 14.4 Å². The Morgan fingerprint density at radius 2 is 2.16 bits per heavy atom. The fourth-order valence-corrected chi connectivity index (χ4v) is 2.31. The van der Waals surface area contributed by atoms with E-state index in [2.05, 4.69) is 4.98 Å². The number of ether oxygens (including phenoxy) is 1. The van der Waals surface area contributed by atoms with E-state index >= 15 is 0 Å². The number of carboxylic acid groups (broad SMARTS) is 1. The summed E-state index contributed by atoms with van der Waals surface area (Å²) in [6.45, 7) is 0.798. The Morgan fingerprint density at radius 3 is 2.84 bits per heavy atom. The molecule has 98 valence electrons. The Labute approximate surface area is 114 Å². The van der Waals surface area contributed by atoms with Gasteiger partial charge in [0.2, 0.25) is 0 Å². The number of aromatic nitrogens is 2. The van der Waals surface area contributed by atoms with E-state index in [4.69, 9.17) is 21.4 Å². The first-order valence-corrected chi connectivity index (χ1v) is 6.17. The van der Waals surface area contributed by atoms with Gasteiger partial charge >= 0.3 is 5.97 Å². The number of rotatable bonds is 2. The van der Waals surface area contributed by atoms with Crippen molar-refractivity contribution in [1.29, 1.82) is 0 Å². The van der Waals surface area contributed by atoms with E-state index in [1.165, 1.54) is 0 Å². The van der Waals surface area contributed by atoms with Gasteiger partial charge in [0.1, 0.15) is 6.10 Å². The second kappa shape index (κ2) is 4.68. The van der Waals surface area contributed by atoms with Gasteiger partial charge in [-0.3, -0.25) is 0 Å². The maximum Gasteiger partial charge on any atom is 0.356 e. The zero-order valence-electron chi connectivity index (χ0n) is 9.91. The highest BCUT2D eigenvalue weighted by Gasteiger charge is 2.25. The van der Waals surface area contributed by atoms with Gasteiger partial charge in [-0.25, -0.2) is 9.78 Å². The van der Waals surface area contributed by atoms with E-state index in [0.717, 1.165) is 5.56 Å². The maximum atomic E-state index is 11.0. The third-order valence-corrected chi connectivity index (χ3v) is 3.43. The lowest BCUT2D eigenvalue weighted by molar-refractivity contribution is 0.00220. The average Bonchev–Trinajstić information content (AvgIpc) is 2.82. The Hall–Kier alpha value is -1.85. The number of nitrogens with zero attached hydrogens (tertiary/aromatic N) is 2. The molecule has 2 aromatic rings. The van der Waals surface area contributed by atoms with E-state index in [1.807, 2.05) is 28.8 Å². The first kappa shape index (κ1) is 12.2. The molecule has 1 aliphatic heterocycles. The Balaban J connectivity index is 1.86. The lowest BCUT2D eigenvalue weighted by atomic mass is 10.1. The maximum absolute atomic E-state index is 11.0. The highest BCUT2D eigenvalue weighted by Crippen LogP contribution is 2.28. The summed E-state index contributed by atoms with van der Waals surface area (Å²) in [5, 5.41) is 9.67. The van der Waals surface area contributed by atoms with Gasteiger partial charge in [0.15, 0.2) is 5.69 Å². The molecule has 1 atom stereocenters. The first-order valence-electron chi connectivity index (χ1n) is 5.79. The highest BCUT2D eigenvalue weighted by atomic mass is 35.5. The number of carboxylic acids is 1. The van der Waals surface area contributed by atoms with Crippen molar-refractivity contribution >= 4 is 17.6 Å². The largest absolute Gasteiger partial charge is 0.476 e. The number of benzene rings is 1. The smallest absolute Gasteiger partial charge is 0.356 e. The number of fused-ring (bicyclic) bond motifs is 1. The van der Waals surface area contributed by atoms with Crippen LogP contribution in [0.15, 0.2) is 30.6 Å². The fourth-order valence-electron chi connectivity index (χ4n) is 2.18. The van der Waals surface area contributed by atoms with Gasteiger partial charge in [-0.05, 0) is 17.7 Å². The van der Waals surface area contributed by atoms with Crippen LogP contribution in [-0.2, 0) is 17.9 Å². The molecule has 0 fully saturated rings. The lowest BCUT2D eigenvalue weighted by Crippen LogP contribution is -2.21. The van der Waals surface area contributed by atoms with Crippen LogP contribution in [0.2, 0.25) is 5.02 Å². The van der Waals surface area contributed by atoms with Crippen LogP contribution in [0.1, 0.15) is 27.8 Å². The van der Waals surface area contributed by atoms with E-state index in [1.54, 1.807) is 6.33 Å². The van der Waals surface area contributed by atoms with Crippen LogP contribution in [-0.4, -0.2) is 20.6 Å². The number of hydrogen-bond donors (Lipinski definition) is 1. The average molecular weight is 279 g/mol. The van der Waals surface area contributed by atoms with Crippen molar-refractivity contribution in [3.05, 3.63) is 52.6 Å². The Morgan fingerprint density at radius 1 is 1.42 bits per heavy atom. The SMILES string of the molecule is O=C(O)c1ncn2c1CO[C@H](c1ccc(Cl)cc1)C2. The molecule has 0 bridgehead atoms. The summed E-state index contributed by atoms with van der Waals surface area (Å²) >= 11 is 5.85. The van der Waals surface area contributed by atoms with Crippen LogP contribution in [0.4, 0.5) is 0 Å². The second-order valence-electron chi connectivity index (χ2n) is 4.35. The van der Waals surface area contributed by atoms with Gasteiger partial charge in [-0.15, -0.1) is 0 Å². The van der Waals surface area contributed by atoms with Gasteiger partial charge in [0.25, 0.3) is 0 Å². The predicted octanol–water partition coefficient (Wildman–Crippen LogP) is 2.51. The third kappa shape index (κ3) is 2.22. The molecule has 1 aliphatic rings. The summed E-state index contributed by atoms with van der Waals surface area (Å²) in [5.41, 5.74) is 1.69. The molecule has 0 amide bonds. The van der Waals surface area contributed by atoms with Crippen molar-refractivity contribution in [2.45, 2.75) is 19.3 Å². The highest BCUT2D eigenvalue weighted by molar-refractivity contribution is 6.30. The van der Waals surface area contributed by atoms with E-state index in [0.29, 0.717) is 17.3 Å². The molecule has 1 N–H and O–H groups in total. The molecule has 0 saturated carbocycles. The molecule has 0 spiro atoms. The van der Waals surface area contributed by atoms with Crippen molar-refractivity contribution in [2.75, 3.05) is 0 Å². The normalized spacial score (nSPS) is 18.1. The molecule has 1 aromatic carbocycles. The molecular formula is C13H11ClN2O3. The third-order valence-electron chi connectivity index (χ3n) is 3.17. The molecule has 0 saturated heterocycles. The van der Waals surface area contributed by atoms with Gasteiger partial charge in [0, 0.05) is 5.02 Å². The van der Waals surface area contributed by atoms with Crippen LogP contribution < -0.4 is 0 Å². The van der Waals surface area contributed by atoms with Gasteiger partial charge in [-0.2, -0.15) is 0 Å². The molecule has 6 heteroatoms. The molecule has 19 heavy (non-hydrogen) atoms. The molecular weight excluding hydrogens is 268 g/mol. The Kier molecular flexibility index (Phi) is 3.00. The van der Waals surface area contributed by atoms with Crippen molar-refractivity contribution < 1.29 is 14.6 Å². The molecule has 2 heterocycles. The molecule has 1 aromatic heterocycles. The topological polar surface area (TPSA) is 64.3 Å². The van der Waals surface area contributed by atoms with Crippen molar-refractivity contribution in [3.63, 3.8) is 0 Å². The zero-order chi connectivity index (χ0) is 13.4. The molecule has 3 rings (SSSR count). The van der Waals surface area contributed by atoms with Crippen LogP contribution in [0, 0.1) is 0 Å². The summed E-state index contributed by atoms with van der Waals surface area (Å²) < 4.78 is 7.54. The first-order chi connectivity index (χ1) is 9.15. The molecule has 5 nitrogen and oxygen atoms in total. The summed E-state index contributed by atoms with van der Waals surface area (Å²) in [5.74, 6) is -1.03. The van der Waals surface area contributed by atoms with Crippen LogP contribution >= 0.6 is 11.6 Å². The number of aromatic carboxylic acids is 1. The van der Waals surface area contributed by atoms with Crippen LogP contribution in [0.25, 0.3) is 0 Å². The summed E-state index contributed by atoms with van der Waals surface area (Å²) in [6.07, 6.45) is 1.44. The number of carbonyl (C=O) groups is 1. The summed E-state index contributed by atoms with van der Waals surface area (Å²) in [4.78, 5) is 14.9. The van der Waals surface area contributed by atoms with Gasteiger partial charge in [-0.1, -0.05) is 23.7 Å². The molecule has 0 unspecified atom stereocenters. The zero-order valence-corrected chi connectivity index (χ0v) is 10.7. The second-order valence-corrected chi connectivity index (χ2v) is 4.79. The minimum atomic E-state index is -1.03. The van der Waals surface area contributed by atoms with Crippen LogP contribution in [0.5, 0.6) is 0 Å². The quantitative estimate of drug-likeness (QED) is 0.917. The van der Waals surface area contributed by atoms with Crippen LogP contribution in [0.3, 0.4) is 0 Å². The Bertz CT molecular complexity index is 621. The van der Waals surface area contributed by atoms with Gasteiger partial charge in [0.05, 0.1) is 25.2 Å². The minimum Gasteiger partial charge on any atom is -0.476 e. The lowest BCUT2D eigenvalue weighted by Gasteiger charge is -2.25. The van der Waals surface area contributed by atoms with Crippen molar-refractivity contribution in [1.82, 2.24) is 9.55 Å². The number of imidazole rings is 1. The molecule has 0 aliphatic carbocycles. The van der Waals surface area contributed by atoms with Crippen molar-refractivity contribution in [2.24, 2.45) is 0 Å². The molecule has 0 radical (unpaired) electrons.